The van der Waals surface area contributed by atoms with Crippen molar-refractivity contribution in [1.82, 2.24) is 0 Å². The SMILES string of the molecule is CC.CCC(C=C(C)C)c1ccc(N(c2ccc(N(c3ccccc3)c3ccc4cc5ccccc5cc4c3)cc2)c2ccc3ccccc3c2)cc1. The van der Waals surface area contributed by atoms with Gasteiger partial charge in [0, 0.05) is 40.0 Å². The van der Waals surface area contributed by atoms with Crippen LogP contribution in [-0.4, -0.2) is 0 Å². The molecule has 2 nitrogen and oxygen atoms in total. The molecule has 0 fully saturated rings. The second kappa shape index (κ2) is 16.0. The maximum Gasteiger partial charge on any atom is 0.0468 e. The molecule has 0 N–H and O–H groups in total. The largest absolute Gasteiger partial charge is 0.310 e. The third-order valence-corrected chi connectivity index (χ3v) is 9.87. The van der Waals surface area contributed by atoms with Crippen molar-refractivity contribution in [3.8, 4) is 0 Å². The maximum atomic E-state index is 2.38. The van der Waals surface area contributed by atoms with Gasteiger partial charge in [0.15, 0.2) is 0 Å². The van der Waals surface area contributed by atoms with Gasteiger partial charge in [-0.25, -0.2) is 0 Å². The normalized spacial score (nSPS) is 11.5. The molecule has 8 rings (SSSR count). The Morgan fingerprint density at radius 1 is 0.415 bits per heavy atom. The summed E-state index contributed by atoms with van der Waals surface area (Å²) in [7, 11) is 0. The van der Waals surface area contributed by atoms with Crippen molar-refractivity contribution in [2.24, 2.45) is 0 Å². The Hall–Kier alpha value is -6.12. The average Bonchev–Trinajstić information content (AvgIpc) is 3.21. The van der Waals surface area contributed by atoms with Gasteiger partial charge in [-0.1, -0.05) is 123 Å². The fraction of sp³-hybridized carbons (Fsp3) is 0.137. The lowest BCUT2D eigenvalue weighted by molar-refractivity contribution is 0.798. The Bertz CT molecular complexity index is 2470. The molecule has 8 aromatic rings. The van der Waals surface area contributed by atoms with Gasteiger partial charge in [0.05, 0.1) is 0 Å². The van der Waals surface area contributed by atoms with E-state index in [9.17, 15) is 0 Å². The first kappa shape index (κ1) is 35.3. The Balaban J connectivity index is 0.00000214. The second-order valence-electron chi connectivity index (χ2n) is 13.6. The first-order valence-corrected chi connectivity index (χ1v) is 19.0. The van der Waals surface area contributed by atoms with E-state index in [1.54, 1.807) is 0 Å². The summed E-state index contributed by atoms with van der Waals surface area (Å²) in [6.45, 7) is 10.6. The summed E-state index contributed by atoms with van der Waals surface area (Å²) in [4.78, 5) is 4.72. The topological polar surface area (TPSA) is 6.48 Å². The van der Waals surface area contributed by atoms with Gasteiger partial charge in [0.25, 0.3) is 0 Å². The Morgan fingerprint density at radius 2 is 0.792 bits per heavy atom. The van der Waals surface area contributed by atoms with E-state index in [4.69, 9.17) is 0 Å². The van der Waals surface area contributed by atoms with Crippen LogP contribution in [0.2, 0.25) is 0 Å². The van der Waals surface area contributed by atoms with E-state index in [0.29, 0.717) is 5.92 Å². The number of benzene rings is 8. The van der Waals surface area contributed by atoms with Crippen LogP contribution in [0.1, 0.15) is 52.5 Å². The summed E-state index contributed by atoms with van der Waals surface area (Å²) < 4.78 is 0. The van der Waals surface area contributed by atoms with E-state index < -0.39 is 0 Å². The van der Waals surface area contributed by atoms with Crippen LogP contribution in [0, 0.1) is 0 Å². The molecule has 0 radical (unpaired) electrons. The van der Waals surface area contributed by atoms with Crippen LogP contribution in [-0.2, 0) is 0 Å². The van der Waals surface area contributed by atoms with Crippen molar-refractivity contribution in [2.75, 3.05) is 9.80 Å². The van der Waals surface area contributed by atoms with Crippen LogP contribution in [0.5, 0.6) is 0 Å². The van der Waals surface area contributed by atoms with Crippen molar-refractivity contribution < 1.29 is 0 Å². The van der Waals surface area contributed by atoms with Crippen molar-refractivity contribution in [2.45, 2.75) is 47.0 Å². The number of anilines is 6. The molecule has 0 aliphatic rings. The van der Waals surface area contributed by atoms with Crippen LogP contribution in [0.25, 0.3) is 32.3 Å². The lowest BCUT2D eigenvalue weighted by Crippen LogP contribution is -2.12. The second-order valence-corrected chi connectivity index (χ2v) is 13.6. The van der Waals surface area contributed by atoms with E-state index in [0.717, 1.165) is 40.5 Å². The molecular weight excluding hydrogens is 641 g/mol. The minimum atomic E-state index is 0.412. The zero-order chi connectivity index (χ0) is 36.7. The Kier molecular flexibility index (Phi) is 10.7. The summed E-state index contributed by atoms with van der Waals surface area (Å²) in [6, 6.07) is 64.1. The molecule has 0 heterocycles. The smallest absolute Gasteiger partial charge is 0.0468 e. The summed E-state index contributed by atoms with van der Waals surface area (Å²) in [5.74, 6) is 0.412. The van der Waals surface area contributed by atoms with Gasteiger partial charge in [-0.15, -0.1) is 0 Å². The lowest BCUT2D eigenvalue weighted by Gasteiger charge is -2.29. The predicted octanol–water partition coefficient (Wildman–Crippen LogP) is 15.6. The highest BCUT2D eigenvalue weighted by atomic mass is 15.2. The van der Waals surface area contributed by atoms with Gasteiger partial charge in [-0.3, -0.25) is 0 Å². The minimum Gasteiger partial charge on any atom is -0.310 e. The van der Waals surface area contributed by atoms with Gasteiger partial charge >= 0.3 is 0 Å². The predicted molar refractivity (Wildman–Crippen MR) is 232 cm³/mol. The van der Waals surface area contributed by atoms with E-state index >= 15 is 0 Å². The molecule has 0 aliphatic carbocycles. The van der Waals surface area contributed by atoms with Crippen molar-refractivity contribution in [3.05, 3.63) is 193 Å². The fourth-order valence-corrected chi connectivity index (χ4v) is 7.33. The van der Waals surface area contributed by atoms with Crippen LogP contribution in [0.4, 0.5) is 34.1 Å². The molecule has 2 heteroatoms. The molecule has 53 heavy (non-hydrogen) atoms. The molecule has 0 saturated heterocycles. The number of allylic oxidation sites excluding steroid dienone is 2. The van der Waals surface area contributed by atoms with Gasteiger partial charge < -0.3 is 9.80 Å². The first-order chi connectivity index (χ1) is 26.0. The number of hydrogen-bond acceptors (Lipinski definition) is 2. The highest BCUT2D eigenvalue weighted by molar-refractivity contribution is 6.00. The number of para-hydroxylation sites is 1. The summed E-state index contributed by atoms with van der Waals surface area (Å²) in [5, 5.41) is 7.44. The zero-order valence-corrected chi connectivity index (χ0v) is 31.5. The monoisotopic (exact) mass is 688 g/mol. The van der Waals surface area contributed by atoms with E-state index in [2.05, 4.69) is 213 Å². The number of fused-ring (bicyclic) bond motifs is 3. The first-order valence-electron chi connectivity index (χ1n) is 19.0. The molecule has 1 atom stereocenters. The summed E-state index contributed by atoms with van der Waals surface area (Å²) in [6.07, 6.45) is 3.46. The number of rotatable bonds is 9. The van der Waals surface area contributed by atoms with Crippen molar-refractivity contribution in [3.63, 3.8) is 0 Å². The van der Waals surface area contributed by atoms with Crippen molar-refractivity contribution >= 4 is 66.4 Å². The molecular formula is C51H48N2. The van der Waals surface area contributed by atoms with E-state index in [-0.39, 0.29) is 0 Å². The Labute approximate surface area is 315 Å². The lowest BCUT2D eigenvalue weighted by atomic mass is 9.94. The fourth-order valence-electron chi connectivity index (χ4n) is 7.33. The standard InChI is InChI=1S/C49H42N2.C2H6/c1-4-36(30-35(2)3)38-18-22-45(23-19-38)51(48-24-20-37-12-8-9-15-41(37)33-48)47-28-26-46(27-29-47)50(44-16-6-5-7-17-44)49-25-21-42-31-39-13-10-11-14-40(39)32-43(42)34-49;1-2/h5-34,36H,4H2,1-3H3;1-2H3. The Morgan fingerprint density at radius 3 is 1.32 bits per heavy atom. The minimum absolute atomic E-state index is 0.412. The third kappa shape index (κ3) is 7.59. The van der Waals surface area contributed by atoms with Crippen LogP contribution in [0.3, 0.4) is 0 Å². The molecule has 0 spiro atoms. The van der Waals surface area contributed by atoms with Crippen molar-refractivity contribution in [1.29, 1.82) is 0 Å². The highest BCUT2D eigenvalue weighted by Crippen LogP contribution is 2.41. The van der Waals surface area contributed by atoms with Crippen LogP contribution < -0.4 is 9.80 Å². The zero-order valence-electron chi connectivity index (χ0n) is 31.5. The molecule has 0 saturated carbocycles. The maximum absolute atomic E-state index is 2.38. The molecule has 0 amide bonds. The quantitative estimate of drug-likeness (QED) is 0.110. The highest BCUT2D eigenvalue weighted by Gasteiger charge is 2.17. The number of nitrogens with zero attached hydrogens (tertiary/aromatic N) is 2. The number of hydrogen-bond donors (Lipinski definition) is 0. The van der Waals surface area contributed by atoms with Gasteiger partial charge in [-0.05, 0) is 143 Å². The van der Waals surface area contributed by atoms with Gasteiger partial charge in [-0.2, -0.15) is 0 Å². The molecule has 1 unspecified atom stereocenters. The third-order valence-electron chi connectivity index (χ3n) is 9.87. The van der Waals surface area contributed by atoms with Crippen LogP contribution >= 0.6 is 0 Å². The van der Waals surface area contributed by atoms with Gasteiger partial charge in [0.2, 0.25) is 0 Å². The van der Waals surface area contributed by atoms with E-state index in [1.165, 1.54) is 43.5 Å². The molecule has 0 aromatic heterocycles. The van der Waals surface area contributed by atoms with Gasteiger partial charge in [0.1, 0.15) is 0 Å². The molecule has 262 valence electrons. The summed E-state index contributed by atoms with van der Waals surface area (Å²) in [5.41, 5.74) is 9.42. The molecule has 8 aromatic carbocycles. The van der Waals surface area contributed by atoms with E-state index in [1.807, 2.05) is 13.8 Å². The summed E-state index contributed by atoms with van der Waals surface area (Å²) >= 11 is 0. The van der Waals surface area contributed by atoms with Crippen LogP contribution in [0.15, 0.2) is 188 Å². The molecule has 0 aliphatic heterocycles. The average molecular weight is 689 g/mol. The molecule has 0 bridgehead atoms.